The number of likely N-dealkylation sites (tertiary alicyclic amines) is 1. The minimum absolute atomic E-state index is 0.118. The minimum atomic E-state index is -0.266. The molecule has 0 unspecified atom stereocenters. The first-order chi connectivity index (χ1) is 15.4. The third-order valence-electron chi connectivity index (χ3n) is 5.42. The number of carbonyl (C=O) groups is 1. The van der Waals surface area contributed by atoms with Gasteiger partial charge >= 0.3 is 0 Å². The van der Waals surface area contributed by atoms with E-state index in [9.17, 15) is 4.79 Å². The number of nitrogens with one attached hydrogen (secondary N) is 2. The Morgan fingerprint density at radius 1 is 1.28 bits per heavy atom. The number of nitrogens with two attached hydrogens (primary N) is 1. The molecule has 9 nitrogen and oxygen atoms in total. The van der Waals surface area contributed by atoms with Gasteiger partial charge in [-0.25, -0.2) is 0 Å². The molecule has 2 heterocycles. The Hall–Kier alpha value is -2.33. The summed E-state index contributed by atoms with van der Waals surface area (Å²) < 4.78 is 11.0. The van der Waals surface area contributed by atoms with E-state index in [1.165, 1.54) is 13.2 Å². The number of nitrogens with zero attached hydrogens (tertiary/aromatic N) is 3. The number of nitrogen functional groups attached to an aromatic ring is 1. The molecule has 2 aromatic rings. The summed E-state index contributed by atoms with van der Waals surface area (Å²) in [5.41, 5.74) is 6.52. The molecule has 0 spiro atoms. The van der Waals surface area contributed by atoms with Crippen LogP contribution in [-0.4, -0.2) is 73.5 Å². The lowest BCUT2D eigenvalue weighted by molar-refractivity contribution is 0.00638. The highest BCUT2D eigenvalue weighted by Gasteiger charge is 2.31. The first-order valence-corrected chi connectivity index (χ1v) is 11.1. The second kappa shape index (κ2) is 11.5. The highest BCUT2D eigenvalue weighted by Crippen LogP contribution is 2.29. The summed E-state index contributed by atoms with van der Waals surface area (Å²) >= 11 is 11.8. The second-order valence-corrected chi connectivity index (χ2v) is 8.33. The van der Waals surface area contributed by atoms with Crippen LogP contribution in [0.2, 0.25) is 10.2 Å². The van der Waals surface area contributed by atoms with Crippen LogP contribution in [-0.2, 0) is 4.74 Å². The van der Waals surface area contributed by atoms with Gasteiger partial charge in [0.25, 0.3) is 5.91 Å². The predicted octanol–water partition coefficient (Wildman–Crippen LogP) is 2.70. The van der Waals surface area contributed by atoms with E-state index in [2.05, 4.69) is 25.7 Å². The zero-order chi connectivity index (χ0) is 23.1. The molecule has 2 atom stereocenters. The average Bonchev–Trinajstić information content (AvgIpc) is 2.80. The lowest BCUT2D eigenvalue weighted by atomic mass is 10.0. The number of methoxy groups -OCH3 is 2. The first kappa shape index (κ1) is 24.3. The Morgan fingerprint density at radius 2 is 2.09 bits per heavy atom. The van der Waals surface area contributed by atoms with Crippen molar-refractivity contribution >= 4 is 40.6 Å². The molecule has 1 amide bonds. The van der Waals surface area contributed by atoms with E-state index in [0.29, 0.717) is 33.0 Å². The van der Waals surface area contributed by atoms with Crippen LogP contribution in [0, 0.1) is 0 Å². The minimum Gasteiger partial charge on any atom is -0.496 e. The third-order valence-corrected chi connectivity index (χ3v) is 5.94. The van der Waals surface area contributed by atoms with Crippen molar-refractivity contribution in [2.24, 2.45) is 0 Å². The quantitative estimate of drug-likeness (QED) is 0.369. The average molecular weight is 483 g/mol. The number of aromatic nitrogens is 2. The second-order valence-electron chi connectivity index (χ2n) is 7.54. The lowest BCUT2D eigenvalue weighted by Gasteiger charge is -2.38. The van der Waals surface area contributed by atoms with Crippen molar-refractivity contribution in [1.82, 2.24) is 20.4 Å². The topological polar surface area (TPSA) is 115 Å². The van der Waals surface area contributed by atoms with Crippen molar-refractivity contribution in [3.05, 3.63) is 40.0 Å². The summed E-state index contributed by atoms with van der Waals surface area (Å²) in [4.78, 5) is 15.2. The number of hydrogen-bond acceptors (Lipinski definition) is 8. The predicted molar refractivity (Wildman–Crippen MR) is 126 cm³/mol. The molecule has 0 saturated carbocycles. The standard InChI is InChI=1S/C21H28Cl2N6O3/c1-31-17-11-15(24)14(22)10-13(17)21(30)26-16-6-9-29(12-18(16)32-2)8-3-7-25-20-5-4-19(23)27-28-20/h4-5,10-11,16,18H,3,6-9,12,24H2,1-2H3,(H,25,28)(H,26,30)/t16-,18+/m1/s1. The molecule has 3 rings (SSSR count). The first-order valence-electron chi connectivity index (χ1n) is 10.3. The summed E-state index contributed by atoms with van der Waals surface area (Å²) in [5.74, 6) is 0.815. The highest BCUT2D eigenvalue weighted by atomic mass is 35.5. The fourth-order valence-electron chi connectivity index (χ4n) is 3.68. The number of rotatable bonds is 9. The molecule has 0 aliphatic carbocycles. The Balaban J connectivity index is 1.49. The van der Waals surface area contributed by atoms with Crippen LogP contribution >= 0.6 is 23.2 Å². The molecule has 1 aromatic carbocycles. The van der Waals surface area contributed by atoms with E-state index in [1.54, 1.807) is 25.3 Å². The molecule has 1 aliphatic rings. The summed E-state index contributed by atoms with van der Waals surface area (Å²) in [6.07, 6.45) is 1.57. The zero-order valence-corrected chi connectivity index (χ0v) is 19.6. The zero-order valence-electron chi connectivity index (χ0n) is 18.1. The fraction of sp³-hybridized carbons (Fsp3) is 0.476. The van der Waals surface area contributed by atoms with Crippen LogP contribution in [0.25, 0.3) is 0 Å². The van der Waals surface area contributed by atoms with Crippen LogP contribution in [0.4, 0.5) is 11.5 Å². The van der Waals surface area contributed by atoms with Crippen LogP contribution in [0.3, 0.4) is 0 Å². The third kappa shape index (κ3) is 6.35. The number of benzene rings is 1. The van der Waals surface area contributed by atoms with E-state index in [0.717, 1.165) is 39.0 Å². The molecule has 1 aromatic heterocycles. The fourth-order valence-corrected chi connectivity index (χ4v) is 3.94. The number of hydrogen-bond donors (Lipinski definition) is 3. The van der Waals surface area contributed by atoms with Crippen LogP contribution in [0.15, 0.2) is 24.3 Å². The number of amides is 1. The van der Waals surface area contributed by atoms with Gasteiger partial charge in [0.1, 0.15) is 11.6 Å². The van der Waals surface area contributed by atoms with E-state index >= 15 is 0 Å². The van der Waals surface area contributed by atoms with Gasteiger partial charge in [-0.05, 0) is 37.6 Å². The van der Waals surface area contributed by atoms with Crippen molar-refractivity contribution in [2.45, 2.75) is 25.0 Å². The van der Waals surface area contributed by atoms with Gasteiger partial charge in [-0.2, -0.15) is 0 Å². The molecule has 0 radical (unpaired) electrons. The van der Waals surface area contributed by atoms with E-state index < -0.39 is 0 Å². The SMILES string of the molecule is COc1cc(N)c(Cl)cc1C(=O)N[C@@H]1CCN(CCCNc2ccc(Cl)nn2)C[C@@H]1OC. The van der Waals surface area contributed by atoms with Gasteiger partial charge in [0.15, 0.2) is 5.15 Å². The van der Waals surface area contributed by atoms with Gasteiger partial charge < -0.3 is 30.7 Å². The van der Waals surface area contributed by atoms with Crippen molar-refractivity contribution in [3.8, 4) is 5.75 Å². The number of anilines is 2. The maximum absolute atomic E-state index is 12.9. The number of piperidine rings is 1. The smallest absolute Gasteiger partial charge is 0.255 e. The van der Waals surface area contributed by atoms with Gasteiger partial charge in [0, 0.05) is 32.8 Å². The summed E-state index contributed by atoms with van der Waals surface area (Å²) in [7, 11) is 3.15. The van der Waals surface area contributed by atoms with Crippen LogP contribution < -0.4 is 21.1 Å². The number of halogens is 2. The Labute approximate surface area is 197 Å². The summed E-state index contributed by atoms with van der Waals surface area (Å²) in [6.45, 7) is 3.24. The monoisotopic (exact) mass is 482 g/mol. The molecular formula is C21H28Cl2N6O3. The molecule has 32 heavy (non-hydrogen) atoms. The Bertz CT molecular complexity index is 915. The summed E-state index contributed by atoms with van der Waals surface area (Å²) in [5, 5.41) is 14.8. The number of carbonyl (C=O) groups excluding carboxylic acids is 1. The van der Waals surface area contributed by atoms with Gasteiger partial charge in [0.05, 0.1) is 35.5 Å². The van der Waals surface area contributed by atoms with E-state index in [4.69, 9.17) is 38.4 Å². The summed E-state index contributed by atoms with van der Waals surface area (Å²) in [6, 6.07) is 6.46. The Kier molecular flexibility index (Phi) is 8.75. The Morgan fingerprint density at radius 3 is 2.78 bits per heavy atom. The molecule has 174 valence electrons. The van der Waals surface area contributed by atoms with Gasteiger partial charge in [-0.15, -0.1) is 10.2 Å². The maximum Gasteiger partial charge on any atom is 0.255 e. The molecule has 1 saturated heterocycles. The van der Waals surface area contributed by atoms with Crippen molar-refractivity contribution in [1.29, 1.82) is 0 Å². The van der Waals surface area contributed by atoms with Crippen LogP contribution in [0.1, 0.15) is 23.2 Å². The van der Waals surface area contributed by atoms with E-state index in [-0.39, 0.29) is 18.1 Å². The van der Waals surface area contributed by atoms with Crippen molar-refractivity contribution in [2.75, 3.05) is 51.4 Å². The molecule has 1 fully saturated rings. The molecular weight excluding hydrogens is 455 g/mol. The van der Waals surface area contributed by atoms with Gasteiger partial charge in [-0.1, -0.05) is 23.2 Å². The van der Waals surface area contributed by atoms with Crippen molar-refractivity contribution < 1.29 is 14.3 Å². The van der Waals surface area contributed by atoms with Gasteiger partial charge in [0.2, 0.25) is 0 Å². The van der Waals surface area contributed by atoms with Gasteiger partial charge in [-0.3, -0.25) is 4.79 Å². The highest BCUT2D eigenvalue weighted by molar-refractivity contribution is 6.33. The molecule has 4 N–H and O–H groups in total. The van der Waals surface area contributed by atoms with Crippen molar-refractivity contribution in [3.63, 3.8) is 0 Å². The largest absolute Gasteiger partial charge is 0.496 e. The molecule has 0 bridgehead atoms. The lowest BCUT2D eigenvalue weighted by Crippen LogP contribution is -2.55. The molecule has 1 aliphatic heterocycles. The van der Waals surface area contributed by atoms with Crippen LogP contribution in [0.5, 0.6) is 5.75 Å². The maximum atomic E-state index is 12.9. The number of ether oxygens (including phenoxy) is 2. The van der Waals surface area contributed by atoms with E-state index in [1.807, 2.05) is 0 Å². The molecule has 11 heteroatoms. The normalized spacial score (nSPS) is 18.9.